The van der Waals surface area contributed by atoms with Crippen LogP contribution in [0.1, 0.15) is 47.8 Å². The Morgan fingerprint density at radius 1 is 1.14 bits per heavy atom. The fraction of sp³-hybridized carbons (Fsp3) is 0.588. The number of rotatable bonds is 4. The lowest BCUT2D eigenvalue weighted by molar-refractivity contribution is 0.0600. The molecular weight excluding hydrogens is 280 g/mol. The molecule has 0 aliphatic heterocycles. The van der Waals surface area contributed by atoms with Crippen molar-refractivity contribution in [2.24, 2.45) is 0 Å². The van der Waals surface area contributed by atoms with Gasteiger partial charge in [0.25, 0.3) is 0 Å². The maximum absolute atomic E-state index is 11.6. The summed E-state index contributed by atoms with van der Waals surface area (Å²) in [6.45, 7) is 15.8. The van der Waals surface area contributed by atoms with E-state index in [9.17, 15) is 4.79 Å². The number of methoxy groups -OCH3 is 1. The Hall–Kier alpha value is -1.13. The molecule has 0 aliphatic carbocycles. The van der Waals surface area contributed by atoms with Gasteiger partial charge in [0, 0.05) is 0 Å². The van der Waals surface area contributed by atoms with Gasteiger partial charge in [0.1, 0.15) is 0 Å². The Balaban J connectivity index is 2.98. The average molecular weight is 308 g/mol. The van der Waals surface area contributed by atoms with Crippen LogP contribution in [-0.4, -0.2) is 21.4 Å². The van der Waals surface area contributed by atoms with Crippen LogP contribution in [0.15, 0.2) is 12.1 Å². The Morgan fingerprint density at radius 3 is 2.00 bits per heavy atom. The van der Waals surface area contributed by atoms with Gasteiger partial charge in [0.2, 0.25) is 0 Å². The summed E-state index contributed by atoms with van der Waals surface area (Å²) in [5.74, 6) is -0.293. The highest BCUT2D eigenvalue weighted by Crippen LogP contribution is 2.37. The van der Waals surface area contributed by atoms with E-state index < -0.39 is 8.32 Å². The van der Waals surface area contributed by atoms with Gasteiger partial charge >= 0.3 is 5.97 Å². The zero-order valence-electron chi connectivity index (χ0n) is 14.6. The maximum atomic E-state index is 11.6. The molecule has 118 valence electrons. The lowest BCUT2D eigenvalue weighted by Gasteiger charge is -2.36. The molecule has 0 fully saturated rings. The molecule has 0 saturated heterocycles. The van der Waals surface area contributed by atoms with Crippen molar-refractivity contribution < 1.29 is 14.0 Å². The van der Waals surface area contributed by atoms with Crippen molar-refractivity contribution in [2.45, 2.75) is 59.4 Å². The van der Waals surface area contributed by atoms with Crippen LogP contribution in [0.3, 0.4) is 0 Å². The predicted octanol–water partition coefficient (Wildman–Crippen LogP) is 4.61. The normalized spacial score (nSPS) is 12.4. The monoisotopic (exact) mass is 308 g/mol. The minimum absolute atomic E-state index is 0.195. The molecule has 0 unspecified atom stereocenters. The van der Waals surface area contributed by atoms with Gasteiger partial charge in [-0.05, 0) is 60.8 Å². The molecule has 0 spiro atoms. The van der Waals surface area contributed by atoms with E-state index in [4.69, 9.17) is 9.16 Å². The molecule has 0 aromatic heterocycles. The summed E-state index contributed by atoms with van der Waals surface area (Å²) in [4.78, 5) is 11.6. The fourth-order valence-corrected chi connectivity index (χ4v) is 2.86. The van der Waals surface area contributed by atoms with Crippen LogP contribution in [0.25, 0.3) is 0 Å². The molecule has 1 aromatic carbocycles. The Labute approximate surface area is 129 Å². The SMILES string of the molecule is COC(=O)c1cc(C)c(CO[Si](C)(C)C(C)(C)C)c(C)c1. The highest BCUT2D eigenvalue weighted by atomic mass is 28.4. The van der Waals surface area contributed by atoms with E-state index in [1.165, 1.54) is 12.7 Å². The number of carbonyl (C=O) groups excluding carboxylic acids is 1. The first kappa shape index (κ1) is 17.9. The van der Waals surface area contributed by atoms with E-state index in [1.54, 1.807) is 0 Å². The van der Waals surface area contributed by atoms with Crippen molar-refractivity contribution in [3.8, 4) is 0 Å². The van der Waals surface area contributed by atoms with Crippen molar-refractivity contribution in [1.82, 2.24) is 0 Å². The molecule has 1 rings (SSSR count). The zero-order valence-corrected chi connectivity index (χ0v) is 15.6. The third kappa shape index (κ3) is 4.17. The molecule has 0 radical (unpaired) electrons. The average Bonchev–Trinajstić information content (AvgIpc) is 2.35. The summed E-state index contributed by atoms with van der Waals surface area (Å²) in [5.41, 5.74) is 3.93. The Morgan fingerprint density at radius 2 is 1.62 bits per heavy atom. The van der Waals surface area contributed by atoms with E-state index in [0.29, 0.717) is 12.2 Å². The minimum atomic E-state index is -1.77. The molecule has 0 saturated carbocycles. The number of aryl methyl sites for hydroxylation is 2. The minimum Gasteiger partial charge on any atom is -0.465 e. The van der Waals surface area contributed by atoms with Crippen LogP contribution in [0.5, 0.6) is 0 Å². The first-order valence-corrected chi connectivity index (χ1v) is 10.2. The molecule has 21 heavy (non-hydrogen) atoms. The van der Waals surface area contributed by atoms with Crippen LogP contribution in [0.2, 0.25) is 18.1 Å². The summed E-state index contributed by atoms with van der Waals surface area (Å²) < 4.78 is 11.1. The first-order valence-electron chi connectivity index (χ1n) is 7.32. The second-order valence-electron chi connectivity index (χ2n) is 7.13. The molecule has 0 atom stereocenters. The van der Waals surface area contributed by atoms with Crippen LogP contribution in [0, 0.1) is 13.8 Å². The van der Waals surface area contributed by atoms with Gasteiger partial charge in [-0.1, -0.05) is 20.8 Å². The number of esters is 1. The number of benzene rings is 1. The van der Waals surface area contributed by atoms with Gasteiger partial charge in [0.15, 0.2) is 8.32 Å². The highest BCUT2D eigenvalue weighted by Gasteiger charge is 2.37. The number of hydrogen-bond acceptors (Lipinski definition) is 3. The van der Waals surface area contributed by atoms with Gasteiger partial charge in [-0.2, -0.15) is 0 Å². The largest absolute Gasteiger partial charge is 0.465 e. The van der Waals surface area contributed by atoms with E-state index in [-0.39, 0.29) is 11.0 Å². The van der Waals surface area contributed by atoms with Crippen molar-refractivity contribution in [1.29, 1.82) is 0 Å². The third-order valence-electron chi connectivity index (χ3n) is 4.50. The third-order valence-corrected chi connectivity index (χ3v) is 8.98. The van der Waals surface area contributed by atoms with Crippen LogP contribution in [0.4, 0.5) is 0 Å². The smallest absolute Gasteiger partial charge is 0.337 e. The molecule has 0 bridgehead atoms. The topological polar surface area (TPSA) is 35.5 Å². The van der Waals surface area contributed by atoms with Gasteiger partial charge in [-0.25, -0.2) is 4.79 Å². The summed E-state index contributed by atoms with van der Waals surface area (Å²) in [7, 11) is -0.363. The quantitative estimate of drug-likeness (QED) is 0.602. The van der Waals surface area contributed by atoms with Crippen molar-refractivity contribution >= 4 is 14.3 Å². The molecule has 3 nitrogen and oxygen atoms in total. The van der Waals surface area contributed by atoms with E-state index in [0.717, 1.165) is 11.1 Å². The van der Waals surface area contributed by atoms with Crippen LogP contribution < -0.4 is 0 Å². The second-order valence-corrected chi connectivity index (χ2v) is 11.9. The fourth-order valence-electron chi connectivity index (χ4n) is 1.93. The van der Waals surface area contributed by atoms with Gasteiger partial charge in [0.05, 0.1) is 19.3 Å². The predicted molar refractivity (Wildman–Crippen MR) is 89.2 cm³/mol. The van der Waals surface area contributed by atoms with Crippen molar-refractivity contribution in [3.05, 3.63) is 34.4 Å². The summed E-state index contributed by atoms with van der Waals surface area (Å²) in [5, 5.41) is 0.195. The zero-order chi connectivity index (χ0) is 16.4. The molecule has 0 amide bonds. The Bertz CT molecular complexity index is 504. The van der Waals surface area contributed by atoms with Gasteiger partial charge in [-0.15, -0.1) is 0 Å². The summed E-state index contributed by atoms with van der Waals surface area (Å²) in [6, 6.07) is 3.76. The van der Waals surface area contributed by atoms with Crippen molar-refractivity contribution in [2.75, 3.05) is 7.11 Å². The van der Waals surface area contributed by atoms with E-state index >= 15 is 0 Å². The lowest BCUT2D eigenvalue weighted by Crippen LogP contribution is -2.40. The molecular formula is C17H28O3Si. The lowest BCUT2D eigenvalue weighted by atomic mass is 10.00. The van der Waals surface area contributed by atoms with Crippen LogP contribution in [-0.2, 0) is 15.8 Å². The number of ether oxygens (including phenoxy) is 1. The van der Waals surface area contributed by atoms with Crippen molar-refractivity contribution in [3.63, 3.8) is 0 Å². The van der Waals surface area contributed by atoms with Gasteiger partial charge < -0.3 is 9.16 Å². The molecule has 1 aromatic rings. The maximum Gasteiger partial charge on any atom is 0.337 e. The summed E-state index contributed by atoms with van der Waals surface area (Å²) in [6.07, 6.45) is 0. The molecule has 4 heteroatoms. The van der Waals surface area contributed by atoms with Crippen LogP contribution >= 0.6 is 0 Å². The standard InChI is InChI=1S/C17H28O3Si/c1-12-9-14(16(18)19-6)10-13(2)15(12)11-20-21(7,8)17(3,4)5/h9-10H,11H2,1-8H3. The second kappa shape index (κ2) is 6.32. The van der Waals surface area contributed by atoms with E-state index in [2.05, 4.69) is 33.9 Å². The Kier molecular flexibility index (Phi) is 5.39. The first-order chi connectivity index (χ1) is 9.49. The molecule has 0 heterocycles. The van der Waals surface area contributed by atoms with E-state index in [1.807, 2.05) is 26.0 Å². The molecule has 0 N–H and O–H groups in total. The van der Waals surface area contributed by atoms with Gasteiger partial charge in [-0.3, -0.25) is 0 Å². The molecule has 0 aliphatic rings. The number of carbonyl (C=O) groups is 1. The highest BCUT2D eigenvalue weighted by molar-refractivity contribution is 6.74. The number of hydrogen-bond donors (Lipinski definition) is 0. The summed E-state index contributed by atoms with van der Waals surface area (Å²) >= 11 is 0.